The first kappa shape index (κ1) is 18.7. The first-order valence-corrected chi connectivity index (χ1v) is 9.53. The maximum Gasteiger partial charge on any atom is 0.130 e. The second-order valence-electron chi connectivity index (χ2n) is 6.99. The molecule has 26 heavy (non-hydrogen) atoms. The summed E-state index contributed by atoms with van der Waals surface area (Å²) in [5.41, 5.74) is 4.53. The molecular formula is C22H30N2O2. The third-order valence-electron chi connectivity index (χ3n) is 5.38. The number of aliphatic hydroxyl groups excluding tert-OH is 1. The van der Waals surface area contributed by atoms with Gasteiger partial charge in [0.2, 0.25) is 0 Å². The molecule has 1 N–H and O–H groups in total. The maximum absolute atomic E-state index is 9.76. The monoisotopic (exact) mass is 354 g/mol. The second kappa shape index (κ2) is 8.56. The average Bonchev–Trinajstić information content (AvgIpc) is 2.72. The number of piperazine rings is 1. The Morgan fingerprint density at radius 3 is 2.35 bits per heavy atom. The molecule has 140 valence electrons. The molecule has 4 nitrogen and oxygen atoms in total. The van der Waals surface area contributed by atoms with Crippen LogP contribution in [-0.4, -0.2) is 56.4 Å². The summed E-state index contributed by atoms with van der Waals surface area (Å²) in [5, 5.41) is 9.76. The number of anilines is 1. The molecular weight excluding hydrogens is 324 g/mol. The summed E-state index contributed by atoms with van der Waals surface area (Å²) >= 11 is 0. The van der Waals surface area contributed by atoms with Crippen molar-refractivity contribution in [2.75, 3.05) is 51.3 Å². The smallest absolute Gasteiger partial charge is 0.130 e. The van der Waals surface area contributed by atoms with Gasteiger partial charge in [0, 0.05) is 55.5 Å². The molecule has 0 amide bonds. The number of methoxy groups -OCH3 is 1. The first-order chi connectivity index (χ1) is 12.7. The van der Waals surface area contributed by atoms with E-state index in [0.29, 0.717) is 0 Å². The van der Waals surface area contributed by atoms with E-state index in [9.17, 15) is 5.11 Å². The minimum atomic E-state index is 0.0318. The summed E-state index contributed by atoms with van der Waals surface area (Å²) in [4.78, 5) is 4.93. The van der Waals surface area contributed by atoms with Crippen LogP contribution in [0.4, 0.5) is 5.69 Å². The fourth-order valence-corrected chi connectivity index (χ4v) is 3.66. The van der Waals surface area contributed by atoms with Gasteiger partial charge in [-0.2, -0.15) is 0 Å². The molecule has 1 atom stereocenters. The van der Waals surface area contributed by atoms with Crippen LogP contribution in [0.3, 0.4) is 0 Å². The van der Waals surface area contributed by atoms with Crippen LogP contribution in [0.5, 0.6) is 5.75 Å². The Balaban J connectivity index is 2.05. The molecule has 1 saturated heterocycles. The maximum atomic E-state index is 9.76. The fourth-order valence-electron chi connectivity index (χ4n) is 3.66. The molecule has 1 aliphatic heterocycles. The number of aliphatic hydroxyl groups is 1. The lowest BCUT2D eigenvalue weighted by atomic mass is 9.93. The lowest BCUT2D eigenvalue weighted by molar-refractivity contribution is 0.268. The number of benzene rings is 2. The Labute approximate surface area is 157 Å². The predicted molar refractivity (Wildman–Crippen MR) is 108 cm³/mol. The van der Waals surface area contributed by atoms with E-state index in [1.54, 1.807) is 7.11 Å². The number of likely N-dealkylation sites (N-methyl/N-ethyl adjacent to an activating group) is 1. The van der Waals surface area contributed by atoms with E-state index in [4.69, 9.17) is 4.74 Å². The van der Waals surface area contributed by atoms with E-state index in [0.717, 1.165) is 55.2 Å². The highest BCUT2D eigenvalue weighted by molar-refractivity contribution is 5.77. The Hall–Kier alpha value is -2.04. The molecule has 0 radical (unpaired) electrons. The van der Waals surface area contributed by atoms with Crippen LogP contribution < -0.4 is 9.64 Å². The van der Waals surface area contributed by atoms with E-state index >= 15 is 0 Å². The summed E-state index contributed by atoms with van der Waals surface area (Å²) in [6.07, 6.45) is 0. The van der Waals surface area contributed by atoms with Gasteiger partial charge in [-0.05, 0) is 24.2 Å². The first-order valence-electron chi connectivity index (χ1n) is 9.53. The molecule has 0 bridgehead atoms. The van der Waals surface area contributed by atoms with Crippen molar-refractivity contribution in [2.24, 2.45) is 0 Å². The number of ether oxygens (including phenoxy) is 1. The fraction of sp³-hybridized carbons (Fsp3) is 0.455. The minimum absolute atomic E-state index is 0.0318. The quantitative estimate of drug-likeness (QED) is 0.860. The molecule has 2 aromatic carbocycles. The Morgan fingerprint density at radius 1 is 1.08 bits per heavy atom. The van der Waals surface area contributed by atoms with Crippen LogP contribution in [0, 0.1) is 0 Å². The summed E-state index contributed by atoms with van der Waals surface area (Å²) in [6.45, 7) is 9.73. The number of nitrogens with zero attached hydrogens (tertiary/aromatic N) is 2. The zero-order chi connectivity index (χ0) is 18.5. The molecule has 3 rings (SSSR count). The van der Waals surface area contributed by atoms with E-state index in [-0.39, 0.29) is 12.5 Å². The van der Waals surface area contributed by atoms with Crippen LogP contribution in [0.25, 0.3) is 11.1 Å². The zero-order valence-electron chi connectivity index (χ0n) is 16.1. The van der Waals surface area contributed by atoms with Crippen molar-refractivity contribution in [1.29, 1.82) is 0 Å². The molecule has 2 aromatic rings. The van der Waals surface area contributed by atoms with E-state index in [1.165, 1.54) is 5.69 Å². The third-order valence-corrected chi connectivity index (χ3v) is 5.38. The van der Waals surface area contributed by atoms with Crippen LogP contribution in [0.2, 0.25) is 0 Å². The largest absolute Gasteiger partial charge is 0.496 e. The van der Waals surface area contributed by atoms with Crippen LogP contribution in [0.15, 0.2) is 42.5 Å². The van der Waals surface area contributed by atoms with E-state index in [1.807, 2.05) is 13.0 Å². The van der Waals surface area contributed by atoms with Crippen molar-refractivity contribution in [1.82, 2.24) is 4.90 Å². The Morgan fingerprint density at radius 2 is 1.77 bits per heavy atom. The third kappa shape index (κ3) is 3.87. The highest BCUT2D eigenvalue weighted by atomic mass is 16.5. The molecule has 0 aromatic heterocycles. The van der Waals surface area contributed by atoms with Gasteiger partial charge in [-0.3, -0.25) is 0 Å². The van der Waals surface area contributed by atoms with E-state index < -0.39 is 0 Å². The SMILES string of the molecule is CCN1CCN(c2cc(-c3ccccc3)c(OC)c(C(C)CO)c2)CC1. The highest BCUT2D eigenvalue weighted by Crippen LogP contribution is 2.40. The van der Waals surface area contributed by atoms with Gasteiger partial charge in [0.15, 0.2) is 0 Å². The van der Waals surface area contributed by atoms with Gasteiger partial charge in [0.25, 0.3) is 0 Å². The molecule has 0 saturated carbocycles. The molecule has 1 heterocycles. The summed E-state index contributed by atoms with van der Waals surface area (Å²) < 4.78 is 5.79. The predicted octanol–water partition coefficient (Wildman–Crippen LogP) is 3.60. The number of hydrogen-bond donors (Lipinski definition) is 1. The van der Waals surface area contributed by atoms with Crippen molar-refractivity contribution in [3.05, 3.63) is 48.0 Å². The highest BCUT2D eigenvalue weighted by Gasteiger charge is 2.22. The van der Waals surface area contributed by atoms with Crippen LogP contribution >= 0.6 is 0 Å². The Kier molecular flexibility index (Phi) is 6.17. The van der Waals surface area contributed by atoms with Crippen molar-refractivity contribution < 1.29 is 9.84 Å². The summed E-state index contributed by atoms with van der Waals surface area (Å²) in [5.74, 6) is 0.901. The molecule has 1 aliphatic rings. The Bertz CT molecular complexity index is 710. The lowest BCUT2D eigenvalue weighted by Gasteiger charge is -2.36. The normalized spacial score (nSPS) is 16.5. The van der Waals surface area contributed by atoms with Gasteiger partial charge in [0.05, 0.1) is 7.11 Å². The van der Waals surface area contributed by atoms with Crippen molar-refractivity contribution >= 4 is 5.69 Å². The minimum Gasteiger partial charge on any atom is -0.496 e. The van der Waals surface area contributed by atoms with Gasteiger partial charge in [-0.25, -0.2) is 0 Å². The van der Waals surface area contributed by atoms with Gasteiger partial charge < -0.3 is 19.6 Å². The van der Waals surface area contributed by atoms with Crippen molar-refractivity contribution in [3.8, 4) is 16.9 Å². The van der Waals surface area contributed by atoms with Gasteiger partial charge in [0.1, 0.15) is 5.75 Å². The standard InChI is InChI=1S/C22H30N2O2/c1-4-23-10-12-24(13-11-23)19-14-20(17(2)16-25)22(26-3)21(15-19)18-8-6-5-7-9-18/h5-9,14-15,17,25H,4,10-13,16H2,1-3H3. The zero-order valence-corrected chi connectivity index (χ0v) is 16.1. The average molecular weight is 354 g/mol. The molecule has 4 heteroatoms. The lowest BCUT2D eigenvalue weighted by Crippen LogP contribution is -2.46. The van der Waals surface area contributed by atoms with Gasteiger partial charge >= 0.3 is 0 Å². The molecule has 0 spiro atoms. The summed E-state index contributed by atoms with van der Waals surface area (Å²) in [6, 6.07) is 14.8. The topological polar surface area (TPSA) is 35.9 Å². The molecule has 1 fully saturated rings. The number of rotatable bonds is 6. The van der Waals surface area contributed by atoms with Gasteiger partial charge in [-0.1, -0.05) is 44.2 Å². The van der Waals surface area contributed by atoms with Gasteiger partial charge in [-0.15, -0.1) is 0 Å². The van der Waals surface area contributed by atoms with Crippen LogP contribution in [-0.2, 0) is 0 Å². The summed E-state index contributed by atoms with van der Waals surface area (Å²) in [7, 11) is 1.72. The molecule has 1 unspecified atom stereocenters. The van der Waals surface area contributed by atoms with Crippen LogP contribution in [0.1, 0.15) is 25.3 Å². The van der Waals surface area contributed by atoms with E-state index in [2.05, 4.69) is 53.1 Å². The van der Waals surface area contributed by atoms with Crippen molar-refractivity contribution in [3.63, 3.8) is 0 Å². The van der Waals surface area contributed by atoms with Crippen molar-refractivity contribution in [2.45, 2.75) is 19.8 Å². The number of hydrogen-bond acceptors (Lipinski definition) is 4. The second-order valence-corrected chi connectivity index (χ2v) is 6.99. The molecule has 0 aliphatic carbocycles.